The van der Waals surface area contributed by atoms with Gasteiger partial charge in [0, 0.05) is 5.69 Å². The topological polar surface area (TPSA) is 83.0 Å². The summed E-state index contributed by atoms with van der Waals surface area (Å²) < 4.78 is 7.00. The predicted molar refractivity (Wildman–Crippen MR) is 75.2 cm³/mol. The summed E-state index contributed by atoms with van der Waals surface area (Å²) in [7, 11) is 0. The molecule has 3 rings (SSSR count). The fourth-order valence-corrected chi connectivity index (χ4v) is 2.97. The Hall–Kier alpha value is -2.11. The number of aromatic nitrogens is 3. The summed E-state index contributed by atoms with van der Waals surface area (Å²) in [6.07, 6.45) is 5.63. The number of anilines is 1. The average molecular weight is 274 g/mol. The van der Waals surface area contributed by atoms with Gasteiger partial charge in [-0.3, -0.25) is 4.79 Å². The highest BCUT2D eigenvalue weighted by Crippen LogP contribution is 2.33. The normalized spacial score (nSPS) is 14.2. The van der Waals surface area contributed by atoms with Gasteiger partial charge in [0.15, 0.2) is 0 Å². The van der Waals surface area contributed by atoms with Crippen LogP contribution in [0.25, 0.3) is 11.0 Å². The number of nitrogen functional groups attached to an aromatic ring is 1. The van der Waals surface area contributed by atoms with Gasteiger partial charge in [-0.15, -0.1) is 0 Å². The van der Waals surface area contributed by atoms with Crippen LogP contribution in [0.1, 0.15) is 31.0 Å². The lowest BCUT2D eigenvalue weighted by molar-refractivity contribution is -0.143. The molecule has 0 unspecified atom stereocenters. The molecule has 0 aliphatic heterocycles. The minimum Gasteiger partial charge on any atom is -0.465 e. The zero-order chi connectivity index (χ0) is 14.1. The first kappa shape index (κ1) is 12.9. The standard InChI is InChI=1S/C14H18N4O2/c1-2-20-11(19)7-18-10-6-4-3-5-9(10)12-13(15)16-8-17-14(12)18/h8H,2-7H2,1H3,(H2,15,16,17). The van der Waals surface area contributed by atoms with Crippen molar-refractivity contribution in [2.24, 2.45) is 0 Å². The SMILES string of the molecule is CCOC(=O)Cn1c2c(c3c(N)ncnc31)CCCC2. The molecule has 6 nitrogen and oxygen atoms in total. The maximum atomic E-state index is 11.8. The molecule has 2 heterocycles. The number of fused-ring (bicyclic) bond motifs is 3. The molecule has 1 aliphatic carbocycles. The van der Waals surface area contributed by atoms with Crippen LogP contribution in [0.3, 0.4) is 0 Å². The maximum Gasteiger partial charge on any atom is 0.326 e. The molecule has 2 aromatic rings. The molecule has 0 bridgehead atoms. The van der Waals surface area contributed by atoms with E-state index in [4.69, 9.17) is 10.5 Å². The molecule has 20 heavy (non-hydrogen) atoms. The Balaban J connectivity index is 2.15. The molecule has 6 heteroatoms. The lowest BCUT2D eigenvalue weighted by atomic mass is 9.96. The van der Waals surface area contributed by atoms with Crippen molar-refractivity contribution in [2.45, 2.75) is 39.2 Å². The van der Waals surface area contributed by atoms with Gasteiger partial charge in [0.2, 0.25) is 0 Å². The van der Waals surface area contributed by atoms with Crippen molar-refractivity contribution in [3.05, 3.63) is 17.6 Å². The van der Waals surface area contributed by atoms with Gasteiger partial charge in [-0.05, 0) is 38.2 Å². The molecule has 2 aromatic heterocycles. The van der Waals surface area contributed by atoms with Crippen molar-refractivity contribution < 1.29 is 9.53 Å². The van der Waals surface area contributed by atoms with E-state index in [9.17, 15) is 4.79 Å². The van der Waals surface area contributed by atoms with Gasteiger partial charge in [0.1, 0.15) is 24.3 Å². The van der Waals surface area contributed by atoms with Crippen LogP contribution in [-0.2, 0) is 28.9 Å². The van der Waals surface area contributed by atoms with Crippen molar-refractivity contribution in [1.29, 1.82) is 0 Å². The number of carbonyl (C=O) groups excluding carboxylic acids is 1. The summed E-state index contributed by atoms with van der Waals surface area (Å²) in [6, 6.07) is 0. The molecule has 0 amide bonds. The van der Waals surface area contributed by atoms with Gasteiger partial charge in [-0.25, -0.2) is 9.97 Å². The molecule has 1 aliphatic rings. The lowest BCUT2D eigenvalue weighted by Gasteiger charge is -2.15. The zero-order valence-corrected chi connectivity index (χ0v) is 11.6. The summed E-state index contributed by atoms with van der Waals surface area (Å²) in [6.45, 7) is 2.38. The number of nitrogens with zero attached hydrogens (tertiary/aromatic N) is 3. The van der Waals surface area contributed by atoms with Crippen LogP contribution in [-0.4, -0.2) is 27.1 Å². The quantitative estimate of drug-likeness (QED) is 0.857. The highest BCUT2D eigenvalue weighted by molar-refractivity contribution is 5.92. The molecular formula is C14H18N4O2. The molecule has 0 aromatic carbocycles. The maximum absolute atomic E-state index is 11.8. The molecule has 106 valence electrons. The molecule has 0 spiro atoms. The fraction of sp³-hybridized carbons (Fsp3) is 0.500. The third kappa shape index (κ3) is 2.01. The van der Waals surface area contributed by atoms with Gasteiger partial charge >= 0.3 is 5.97 Å². The van der Waals surface area contributed by atoms with Crippen LogP contribution in [0.15, 0.2) is 6.33 Å². The third-order valence-corrected chi connectivity index (χ3v) is 3.77. The van der Waals surface area contributed by atoms with Crippen LogP contribution in [0.2, 0.25) is 0 Å². The van der Waals surface area contributed by atoms with E-state index >= 15 is 0 Å². The van der Waals surface area contributed by atoms with Crippen LogP contribution < -0.4 is 5.73 Å². The first-order chi connectivity index (χ1) is 9.72. The summed E-state index contributed by atoms with van der Waals surface area (Å²) in [5.74, 6) is 0.255. The Morgan fingerprint density at radius 2 is 2.20 bits per heavy atom. The summed E-state index contributed by atoms with van der Waals surface area (Å²) in [5.41, 5.74) is 9.11. The van der Waals surface area contributed by atoms with E-state index in [1.807, 2.05) is 4.57 Å². The Kier molecular flexibility index (Phi) is 3.30. The Morgan fingerprint density at radius 3 is 3.00 bits per heavy atom. The van der Waals surface area contributed by atoms with E-state index in [-0.39, 0.29) is 12.5 Å². The van der Waals surface area contributed by atoms with E-state index in [1.165, 1.54) is 11.9 Å². The minimum absolute atomic E-state index is 0.191. The number of rotatable bonds is 3. The molecule has 0 saturated heterocycles. The minimum atomic E-state index is -0.241. The van der Waals surface area contributed by atoms with E-state index in [0.29, 0.717) is 12.4 Å². The van der Waals surface area contributed by atoms with Gasteiger partial charge in [-0.1, -0.05) is 0 Å². The number of ether oxygens (including phenoxy) is 1. The number of hydrogen-bond donors (Lipinski definition) is 1. The molecule has 0 radical (unpaired) electrons. The van der Waals surface area contributed by atoms with Gasteiger partial charge < -0.3 is 15.0 Å². The second-order valence-electron chi connectivity index (χ2n) is 4.98. The summed E-state index contributed by atoms with van der Waals surface area (Å²) in [4.78, 5) is 20.2. The van der Waals surface area contributed by atoms with Crippen molar-refractivity contribution in [3.8, 4) is 0 Å². The van der Waals surface area contributed by atoms with Crippen LogP contribution in [0.4, 0.5) is 5.82 Å². The Bertz CT molecular complexity index is 663. The molecular weight excluding hydrogens is 256 g/mol. The van der Waals surface area contributed by atoms with Gasteiger partial charge in [0.25, 0.3) is 0 Å². The second kappa shape index (κ2) is 5.11. The van der Waals surface area contributed by atoms with Crippen LogP contribution in [0.5, 0.6) is 0 Å². The van der Waals surface area contributed by atoms with Crippen molar-refractivity contribution in [3.63, 3.8) is 0 Å². The van der Waals surface area contributed by atoms with Gasteiger partial charge in [0.05, 0.1) is 12.0 Å². The lowest BCUT2D eigenvalue weighted by Crippen LogP contribution is -2.17. The number of aryl methyl sites for hydroxylation is 1. The summed E-state index contributed by atoms with van der Waals surface area (Å²) >= 11 is 0. The van der Waals surface area contributed by atoms with Crippen LogP contribution >= 0.6 is 0 Å². The third-order valence-electron chi connectivity index (χ3n) is 3.77. The van der Waals surface area contributed by atoms with E-state index in [0.717, 1.165) is 42.4 Å². The van der Waals surface area contributed by atoms with Gasteiger partial charge in [-0.2, -0.15) is 0 Å². The highest BCUT2D eigenvalue weighted by Gasteiger charge is 2.24. The monoisotopic (exact) mass is 274 g/mol. The first-order valence-electron chi connectivity index (χ1n) is 6.98. The molecule has 0 saturated carbocycles. The molecule has 0 fully saturated rings. The zero-order valence-electron chi connectivity index (χ0n) is 11.6. The van der Waals surface area contributed by atoms with Crippen molar-refractivity contribution >= 4 is 22.8 Å². The van der Waals surface area contributed by atoms with E-state index in [2.05, 4.69) is 9.97 Å². The largest absolute Gasteiger partial charge is 0.465 e. The average Bonchev–Trinajstić information content (AvgIpc) is 2.75. The van der Waals surface area contributed by atoms with E-state index < -0.39 is 0 Å². The van der Waals surface area contributed by atoms with Crippen LogP contribution in [0, 0.1) is 0 Å². The second-order valence-corrected chi connectivity index (χ2v) is 4.98. The number of nitrogens with two attached hydrogens (primary N) is 1. The van der Waals surface area contributed by atoms with Crippen molar-refractivity contribution in [1.82, 2.24) is 14.5 Å². The Labute approximate surface area is 117 Å². The number of carbonyl (C=O) groups is 1. The Morgan fingerprint density at radius 1 is 1.40 bits per heavy atom. The molecule has 2 N–H and O–H groups in total. The smallest absolute Gasteiger partial charge is 0.326 e. The first-order valence-corrected chi connectivity index (χ1v) is 6.98. The summed E-state index contributed by atoms with van der Waals surface area (Å²) in [5, 5.41) is 0.909. The number of hydrogen-bond acceptors (Lipinski definition) is 5. The van der Waals surface area contributed by atoms with Crippen molar-refractivity contribution in [2.75, 3.05) is 12.3 Å². The van der Waals surface area contributed by atoms with E-state index in [1.54, 1.807) is 6.92 Å². The predicted octanol–water partition coefficient (Wildman–Crippen LogP) is 1.46. The fourth-order valence-electron chi connectivity index (χ4n) is 2.97. The molecule has 0 atom stereocenters. The number of esters is 1. The highest BCUT2D eigenvalue weighted by atomic mass is 16.5.